The molecule has 2 aliphatic rings. The molecule has 2 unspecified atom stereocenters. The van der Waals surface area contributed by atoms with Crippen molar-refractivity contribution in [1.29, 1.82) is 0 Å². The molecule has 0 saturated carbocycles. The number of benzene rings is 1. The topological polar surface area (TPSA) is 113 Å². The van der Waals surface area contributed by atoms with Gasteiger partial charge in [0.05, 0.1) is 21.7 Å². The first-order valence-electron chi connectivity index (χ1n) is 11.1. The highest BCUT2D eigenvalue weighted by Crippen LogP contribution is 2.45. The molecule has 10 heteroatoms. The molecule has 1 aromatic heterocycles. The van der Waals surface area contributed by atoms with Gasteiger partial charge in [0.25, 0.3) is 0 Å². The molecular weight excluding hydrogens is 477 g/mol. The quantitative estimate of drug-likeness (QED) is 0.499. The SMILES string of the molecule is CC.CC1(C)C(N)=N[C@](C)(c2cc(NC=O)ccc2F)C2CCN=S21.Cc1ncc(O)cc1Cl. The van der Waals surface area contributed by atoms with Crippen LogP contribution in [0.4, 0.5) is 10.1 Å². The number of hydrogen-bond donors (Lipinski definition) is 3. The van der Waals surface area contributed by atoms with E-state index in [9.17, 15) is 9.18 Å². The fraction of sp³-hybridized carbons (Fsp3) is 0.458. The zero-order valence-corrected chi connectivity index (χ0v) is 22.0. The number of aromatic nitrogens is 1. The number of fused-ring (bicyclic) bond motifs is 1. The van der Waals surface area contributed by atoms with Gasteiger partial charge in [0.1, 0.15) is 22.9 Å². The van der Waals surface area contributed by atoms with E-state index >= 15 is 0 Å². The van der Waals surface area contributed by atoms with Crippen LogP contribution >= 0.6 is 11.6 Å². The van der Waals surface area contributed by atoms with E-state index in [1.807, 2.05) is 20.8 Å². The molecule has 186 valence electrons. The summed E-state index contributed by atoms with van der Waals surface area (Å²) in [5.41, 5.74) is 7.20. The lowest BCUT2D eigenvalue weighted by Gasteiger charge is -2.44. The maximum Gasteiger partial charge on any atom is 0.211 e. The van der Waals surface area contributed by atoms with Crippen LogP contribution in [0.1, 0.15) is 52.3 Å². The Hall–Kier alpha value is -2.52. The van der Waals surface area contributed by atoms with Crippen molar-refractivity contribution in [2.24, 2.45) is 15.1 Å². The van der Waals surface area contributed by atoms with Crippen molar-refractivity contribution in [2.75, 3.05) is 11.9 Å². The van der Waals surface area contributed by atoms with Crippen molar-refractivity contribution in [3.63, 3.8) is 0 Å². The molecule has 34 heavy (non-hydrogen) atoms. The largest absolute Gasteiger partial charge is 0.506 e. The predicted molar refractivity (Wildman–Crippen MR) is 139 cm³/mol. The third kappa shape index (κ3) is 5.58. The lowest BCUT2D eigenvalue weighted by Crippen LogP contribution is -2.55. The number of aryl methyl sites for hydroxylation is 1. The molecule has 0 spiro atoms. The maximum atomic E-state index is 14.6. The number of nitrogens with one attached hydrogen (secondary N) is 1. The van der Waals surface area contributed by atoms with Crippen LogP contribution < -0.4 is 11.1 Å². The van der Waals surface area contributed by atoms with E-state index in [2.05, 4.69) is 24.1 Å². The number of pyridine rings is 1. The maximum absolute atomic E-state index is 14.6. The Balaban J connectivity index is 0.000000311. The molecule has 7 nitrogen and oxygen atoms in total. The van der Waals surface area contributed by atoms with Crippen LogP contribution in [0.3, 0.4) is 0 Å². The van der Waals surface area contributed by atoms with Crippen LogP contribution in [0.5, 0.6) is 5.75 Å². The van der Waals surface area contributed by atoms with Gasteiger partial charge in [0, 0.05) is 29.1 Å². The summed E-state index contributed by atoms with van der Waals surface area (Å²) >= 11 is 5.59. The van der Waals surface area contributed by atoms with Crippen LogP contribution in [-0.4, -0.2) is 38.9 Å². The predicted octanol–water partition coefficient (Wildman–Crippen LogP) is 5.11. The smallest absolute Gasteiger partial charge is 0.211 e. The highest BCUT2D eigenvalue weighted by molar-refractivity contribution is 7.90. The normalized spacial score (nSPS) is 24.2. The first-order valence-corrected chi connectivity index (χ1v) is 12.7. The monoisotopic (exact) mass is 509 g/mol. The van der Waals surface area contributed by atoms with Gasteiger partial charge in [-0.05, 0) is 52.3 Å². The van der Waals surface area contributed by atoms with Crippen LogP contribution in [-0.2, 0) is 21.0 Å². The molecule has 0 bridgehead atoms. The minimum absolute atomic E-state index is 0.102. The second kappa shape index (κ2) is 11.3. The molecule has 0 aliphatic carbocycles. The number of amidine groups is 1. The molecule has 1 amide bonds. The van der Waals surface area contributed by atoms with Gasteiger partial charge in [-0.15, -0.1) is 0 Å². The van der Waals surface area contributed by atoms with Crippen molar-refractivity contribution in [1.82, 2.24) is 4.98 Å². The minimum Gasteiger partial charge on any atom is -0.506 e. The lowest BCUT2D eigenvalue weighted by atomic mass is 9.86. The number of halogens is 2. The third-order valence-electron chi connectivity index (χ3n) is 5.76. The second-order valence-electron chi connectivity index (χ2n) is 8.32. The Morgan fingerprint density at radius 1 is 1.29 bits per heavy atom. The summed E-state index contributed by atoms with van der Waals surface area (Å²) in [5.74, 6) is 0.277. The molecule has 0 saturated heterocycles. The number of hydrogen-bond acceptors (Lipinski definition) is 6. The Kier molecular flexibility index (Phi) is 9.19. The molecule has 1 aromatic carbocycles. The Bertz CT molecular complexity index is 1110. The zero-order chi connectivity index (χ0) is 25.7. The molecule has 3 atom stereocenters. The second-order valence-corrected chi connectivity index (χ2v) is 11.2. The fourth-order valence-corrected chi connectivity index (χ4v) is 6.73. The number of rotatable bonds is 3. The van der Waals surface area contributed by atoms with Crippen LogP contribution in [0, 0.1) is 12.7 Å². The highest BCUT2D eigenvalue weighted by atomic mass is 35.5. The van der Waals surface area contributed by atoms with Gasteiger partial charge in [0.15, 0.2) is 0 Å². The fourth-order valence-electron chi connectivity index (χ4n) is 3.85. The van der Waals surface area contributed by atoms with E-state index in [4.69, 9.17) is 31.8 Å². The molecule has 0 radical (unpaired) electrons. The Labute approximate surface area is 208 Å². The van der Waals surface area contributed by atoms with Crippen LogP contribution in [0.25, 0.3) is 0 Å². The molecular formula is C24H33ClFN5O2S. The minimum atomic E-state index is -0.770. The number of nitrogens with zero attached hydrogens (tertiary/aromatic N) is 3. The molecule has 3 heterocycles. The lowest BCUT2D eigenvalue weighted by molar-refractivity contribution is -0.105. The number of aliphatic imine (C=N–C) groups is 1. The molecule has 4 rings (SSSR count). The summed E-state index contributed by atoms with van der Waals surface area (Å²) in [5, 5.41) is 12.0. The Morgan fingerprint density at radius 3 is 2.56 bits per heavy atom. The summed E-state index contributed by atoms with van der Waals surface area (Å²) < 4.78 is 19.0. The summed E-state index contributed by atoms with van der Waals surface area (Å²) in [6.07, 6.45) is 2.81. The number of carbonyl (C=O) groups is 1. The van der Waals surface area contributed by atoms with Crippen molar-refractivity contribution in [2.45, 2.75) is 63.5 Å². The van der Waals surface area contributed by atoms with E-state index < -0.39 is 5.54 Å². The first kappa shape index (κ1) is 27.7. The number of aromatic hydroxyl groups is 1. The van der Waals surface area contributed by atoms with Gasteiger partial charge in [-0.3, -0.25) is 19.1 Å². The van der Waals surface area contributed by atoms with E-state index in [0.717, 1.165) is 18.7 Å². The Morgan fingerprint density at radius 2 is 1.97 bits per heavy atom. The zero-order valence-electron chi connectivity index (χ0n) is 20.4. The standard InChI is InChI=1S/C16H21FN4OS.C6H6ClNO.C2H6/c1-15(2)14(18)21-16(3,13-6-7-20-23(13)15)11-8-10(19-9-22)4-5-12(11)17;1-4-6(7)2-5(9)3-8-4;1-2/h4-5,8-9,13H,6-7H2,1-3H3,(H2,18,21)(H,19,22);2-3,9H,1H3;1-2H3/t13?,16-,23?;;/m1../s1. The molecule has 4 N–H and O–H groups in total. The van der Waals surface area contributed by atoms with E-state index in [1.54, 1.807) is 13.0 Å². The van der Waals surface area contributed by atoms with Crippen LogP contribution in [0.15, 0.2) is 39.8 Å². The van der Waals surface area contributed by atoms with E-state index in [-0.39, 0.29) is 32.3 Å². The third-order valence-corrected chi connectivity index (χ3v) is 9.09. The van der Waals surface area contributed by atoms with Crippen LogP contribution in [0.2, 0.25) is 5.02 Å². The van der Waals surface area contributed by atoms with Crippen molar-refractivity contribution in [3.05, 3.63) is 52.6 Å². The van der Waals surface area contributed by atoms with E-state index in [1.165, 1.54) is 24.4 Å². The van der Waals surface area contributed by atoms with Gasteiger partial charge in [-0.25, -0.2) is 4.39 Å². The number of nitrogens with two attached hydrogens (primary N) is 1. The number of anilines is 1. The van der Waals surface area contributed by atoms with Crippen molar-refractivity contribution < 1.29 is 14.3 Å². The van der Waals surface area contributed by atoms with Gasteiger partial charge in [-0.2, -0.15) is 0 Å². The van der Waals surface area contributed by atoms with Crippen molar-refractivity contribution >= 4 is 40.2 Å². The first-order chi connectivity index (χ1) is 16.0. The molecule has 2 aliphatic heterocycles. The summed E-state index contributed by atoms with van der Waals surface area (Å²) in [6.45, 7) is 12.6. The average Bonchev–Trinajstić information content (AvgIpc) is 3.31. The van der Waals surface area contributed by atoms with Gasteiger partial charge < -0.3 is 16.2 Å². The number of amides is 1. The number of carbonyl (C=O) groups excluding carboxylic acids is 1. The summed E-state index contributed by atoms with van der Waals surface area (Å²) in [7, 11) is -0.302. The van der Waals surface area contributed by atoms with Gasteiger partial charge in [-0.1, -0.05) is 36.1 Å². The average molecular weight is 510 g/mol. The molecule has 2 aromatic rings. The van der Waals surface area contributed by atoms with Gasteiger partial charge >= 0.3 is 0 Å². The van der Waals surface area contributed by atoms with Gasteiger partial charge in [0.2, 0.25) is 6.41 Å². The summed E-state index contributed by atoms with van der Waals surface area (Å²) in [6, 6.07) is 6.01. The summed E-state index contributed by atoms with van der Waals surface area (Å²) in [4.78, 5) is 19.2. The molecule has 0 fully saturated rings. The highest BCUT2D eigenvalue weighted by Gasteiger charge is 2.51. The van der Waals surface area contributed by atoms with E-state index in [0.29, 0.717) is 28.5 Å². The van der Waals surface area contributed by atoms with Crippen molar-refractivity contribution in [3.8, 4) is 5.75 Å².